The molecule has 1 aliphatic rings. The summed E-state index contributed by atoms with van der Waals surface area (Å²) in [5.41, 5.74) is 7.64. The largest absolute Gasteiger partial charge is 0.453 e. The van der Waals surface area contributed by atoms with Crippen LogP contribution in [-0.4, -0.2) is 6.79 Å². The summed E-state index contributed by atoms with van der Waals surface area (Å²) < 4.78 is 10.6. The summed E-state index contributed by atoms with van der Waals surface area (Å²) in [7, 11) is 0. The van der Waals surface area contributed by atoms with Crippen LogP contribution in [0.4, 0.5) is 0 Å². The maximum atomic E-state index is 5.54. The lowest BCUT2D eigenvalue weighted by Gasteiger charge is -2.04. The third-order valence-electron chi connectivity index (χ3n) is 2.02. The second-order valence-corrected chi connectivity index (χ2v) is 2.81. The highest BCUT2D eigenvalue weighted by Crippen LogP contribution is 2.38. The smallest absolute Gasteiger partial charge is 0.231 e. The molecule has 1 aliphatic heterocycles. The molecule has 3 nitrogen and oxygen atoms in total. The van der Waals surface area contributed by atoms with Gasteiger partial charge in [-0.05, 0) is 12.5 Å². The molecule has 2 rings (SSSR count). The molecular formula is C9H11NO2. The molecule has 1 heterocycles. The summed E-state index contributed by atoms with van der Waals surface area (Å²) in [6.45, 7) is 2.80. The van der Waals surface area contributed by atoms with E-state index in [1.54, 1.807) is 0 Å². The van der Waals surface area contributed by atoms with Gasteiger partial charge in [0.25, 0.3) is 0 Å². The zero-order valence-electron chi connectivity index (χ0n) is 6.96. The number of hydrogen-bond donors (Lipinski definition) is 1. The molecule has 0 aromatic heterocycles. The SMILES string of the molecule is Cc1ccc(CN)c2c1OCO2. The maximum absolute atomic E-state index is 5.54. The Morgan fingerprint density at radius 1 is 1.33 bits per heavy atom. The number of hydrogen-bond acceptors (Lipinski definition) is 3. The van der Waals surface area contributed by atoms with E-state index in [0.29, 0.717) is 13.3 Å². The highest BCUT2D eigenvalue weighted by molar-refractivity contribution is 5.52. The van der Waals surface area contributed by atoms with E-state index < -0.39 is 0 Å². The first-order chi connectivity index (χ1) is 5.83. The first-order valence-corrected chi connectivity index (χ1v) is 3.91. The van der Waals surface area contributed by atoms with Gasteiger partial charge in [-0.25, -0.2) is 0 Å². The standard InChI is InChI=1S/C9H11NO2/c1-6-2-3-7(4-10)9-8(6)11-5-12-9/h2-3H,4-5,10H2,1H3. The van der Waals surface area contributed by atoms with Gasteiger partial charge < -0.3 is 15.2 Å². The van der Waals surface area contributed by atoms with E-state index in [4.69, 9.17) is 15.2 Å². The summed E-state index contributed by atoms with van der Waals surface area (Å²) in [5, 5.41) is 0. The Morgan fingerprint density at radius 2 is 2.08 bits per heavy atom. The molecule has 1 aromatic rings. The van der Waals surface area contributed by atoms with E-state index in [9.17, 15) is 0 Å². The molecule has 2 N–H and O–H groups in total. The Labute approximate surface area is 71.1 Å². The Morgan fingerprint density at radius 3 is 2.83 bits per heavy atom. The molecule has 0 bridgehead atoms. The molecule has 3 heteroatoms. The van der Waals surface area contributed by atoms with E-state index in [-0.39, 0.29) is 0 Å². The molecular weight excluding hydrogens is 154 g/mol. The van der Waals surface area contributed by atoms with E-state index in [2.05, 4.69) is 0 Å². The molecule has 0 fully saturated rings. The molecule has 0 unspecified atom stereocenters. The first kappa shape index (κ1) is 7.43. The zero-order chi connectivity index (χ0) is 8.55. The van der Waals surface area contributed by atoms with Gasteiger partial charge in [-0.1, -0.05) is 12.1 Å². The lowest BCUT2D eigenvalue weighted by molar-refractivity contribution is 0.173. The summed E-state index contributed by atoms with van der Waals surface area (Å²) in [6.07, 6.45) is 0. The van der Waals surface area contributed by atoms with Crippen LogP contribution in [0, 0.1) is 6.92 Å². The van der Waals surface area contributed by atoms with Crippen LogP contribution in [0.3, 0.4) is 0 Å². The normalized spacial score (nSPS) is 13.5. The lowest BCUT2D eigenvalue weighted by atomic mass is 10.1. The van der Waals surface area contributed by atoms with Crippen molar-refractivity contribution >= 4 is 0 Å². The third kappa shape index (κ3) is 0.940. The molecule has 1 aromatic carbocycles. The van der Waals surface area contributed by atoms with Crippen molar-refractivity contribution in [1.82, 2.24) is 0 Å². The van der Waals surface area contributed by atoms with E-state index in [1.165, 1.54) is 0 Å². The van der Waals surface area contributed by atoms with Crippen LogP contribution in [0.2, 0.25) is 0 Å². The second-order valence-electron chi connectivity index (χ2n) is 2.81. The van der Waals surface area contributed by atoms with Crippen molar-refractivity contribution < 1.29 is 9.47 Å². The highest BCUT2D eigenvalue weighted by Gasteiger charge is 2.18. The average molecular weight is 165 g/mol. The topological polar surface area (TPSA) is 44.5 Å². The van der Waals surface area contributed by atoms with E-state index >= 15 is 0 Å². The predicted octanol–water partition coefficient (Wildman–Crippen LogP) is 1.18. The van der Waals surface area contributed by atoms with Crippen LogP contribution < -0.4 is 15.2 Å². The molecule has 0 amide bonds. The Bertz CT molecular complexity index is 310. The molecule has 0 saturated carbocycles. The fourth-order valence-electron chi connectivity index (χ4n) is 1.35. The van der Waals surface area contributed by atoms with Crippen molar-refractivity contribution in [2.75, 3.05) is 6.79 Å². The van der Waals surface area contributed by atoms with Crippen molar-refractivity contribution in [3.63, 3.8) is 0 Å². The van der Waals surface area contributed by atoms with Gasteiger partial charge >= 0.3 is 0 Å². The summed E-state index contributed by atoms with van der Waals surface area (Å²) >= 11 is 0. The fourth-order valence-corrected chi connectivity index (χ4v) is 1.35. The number of nitrogens with two attached hydrogens (primary N) is 1. The van der Waals surface area contributed by atoms with Crippen LogP contribution in [0.25, 0.3) is 0 Å². The van der Waals surface area contributed by atoms with Crippen molar-refractivity contribution in [2.24, 2.45) is 5.73 Å². The van der Waals surface area contributed by atoms with Crippen molar-refractivity contribution in [3.05, 3.63) is 23.3 Å². The quantitative estimate of drug-likeness (QED) is 0.679. The van der Waals surface area contributed by atoms with Gasteiger partial charge in [0.2, 0.25) is 6.79 Å². The maximum Gasteiger partial charge on any atom is 0.231 e. The molecule has 0 spiro atoms. The fraction of sp³-hybridized carbons (Fsp3) is 0.333. The van der Waals surface area contributed by atoms with E-state index in [0.717, 1.165) is 22.6 Å². The lowest BCUT2D eigenvalue weighted by Crippen LogP contribution is -1.98. The zero-order valence-corrected chi connectivity index (χ0v) is 6.96. The third-order valence-corrected chi connectivity index (χ3v) is 2.02. The Kier molecular flexibility index (Phi) is 1.66. The number of rotatable bonds is 1. The number of aryl methyl sites for hydroxylation is 1. The van der Waals surface area contributed by atoms with Crippen molar-refractivity contribution in [3.8, 4) is 11.5 Å². The van der Waals surface area contributed by atoms with Gasteiger partial charge in [-0.2, -0.15) is 0 Å². The molecule has 64 valence electrons. The van der Waals surface area contributed by atoms with Crippen molar-refractivity contribution in [1.29, 1.82) is 0 Å². The summed E-state index contributed by atoms with van der Waals surface area (Å²) in [4.78, 5) is 0. The van der Waals surface area contributed by atoms with Gasteiger partial charge in [-0.3, -0.25) is 0 Å². The molecule has 0 aliphatic carbocycles. The highest BCUT2D eigenvalue weighted by atomic mass is 16.7. The van der Waals surface area contributed by atoms with Crippen LogP contribution in [-0.2, 0) is 6.54 Å². The minimum atomic E-state index is 0.313. The summed E-state index contributed by atoms with van der Waals surface area (Å²) in [6, 6.07) is 3.97. The molecule has 12 heavy (non-hydrogen) atoms. The number of benzene rings is 1. The second kappa shape index (κ2) is 2.68. The van der Waals surface area contributed by atoms with Gasteiger partial charge in [0.15, 0.2) is 11.5 Å². The molecule has 0 saturated heterocycles. The molecule has 0 radical (unpaired) electrons. The minimum absolute atomic E-state index is 0.313. The average Bonchev–Trinajstić information content (AvgIpc) is 2.54. The monoisotopic (exact) mass is 165 g/mol. The minimum Gasteiger partial charge on any atom is -0.453 e. The Hall–Kier alpha value is -1.22. The van der Waals surface area contributed by atoms with Gasteiger partial charge in [0, 0.05) is 12.1 Å². The van der Waals surface area contributed by atoms with Gasteiger partial charge in [-0.15, -0.1) is 0 Å². The van der Waals surface area contributed by atoms with Crippen LogP contribution >= 0.6 is 0 Å². The van der Waals surface area contributed by atoms with E-state index in [1.807, 2.05) is 19.1 Å². The van der Waals surface area contributed by atoms with Crippen LogP contribution in [0.5, 0.6) is 11.5 Å². The number of fused-ring (bicyclic) bond motifs is 1. The van der Waals surface area contributed by atoms with Gasteiger partial charge in [0.05, 0.1) is 0 Å². The Balaban J connectivity index is 2.57. The van der Waals surface area contributed by atoms with Crippen LogP contribution in [0.1, 0.15) is 11.1 Å². The predicted molar refractivity (Wildman–Crippen MR) is 45.2 cm³/mol. The van der Waals surface area contributed by atoms with Crippen molar-refractivity contribution in [2.45, 2.75) is 13.5 Å². The first-order valence-electron chi connectivity index (χ1n) is 3.91. The molecule has 0 atom stereocenters. The van der Waals surface area contributed by atoms with Crippen LogP contribution in [0.15, 0.2) is 12.1 Å². The number of ether oxygens (including phenoxy) is 2. The summed E-state index contributed by atoms with van der Waals surface area (Å²) in [5.74, 6) is 1.66. The van der Waals surface area contributed by atoms with Gasteiger partial charge in [0.1, 0.15) is 0 Å².